The molecule has 0 bridgehead atoms. The molecule has 28 heavy (non-hydrogen) atoms. The van der Waals surface area contributed by atoms with Gasteiger partial charge in [0, 0.05) is 25.2 Å². The Balaban J connectivity index is 1.98. The third kappa shape index (κ3) is 6.06. The second-order valence-corrected chi connectivity index (χ2v) is 6.43. The Kier molecular flexibility index (Phi) is 8.43. The van der Waals surface area contributed by atoms with Gasteiger partial charge in [-0.25, -0.2) is 0 Å². The van der Waals surface area contributed by atoms with E-state index in [-0.39, 0.29) is 17.9 Å². The van der Waals surface area contributed by atoms with Crippen molar-refractivity contribution in [3.05, 3.63) is 77.4 Å². The van der Waals surface area contributed by atoms with Crippen LogP contribution < -0.4 is 10.6 Å². The largest absolute Gasteiger partial charge is 0.355 e. The van der Waals surface area contributed by atoms with E-state index in [1.807, 2.05) is 30.3 Å². The first-order valence-electron chi connectivity index (χ1n) is 9.66. The molecule has 0 aromatic heterocycles. The van der Waals surface area contributed by atoms with Crippen LogP contribution in [-0.2, 0) is 4.79 Å². The average molecular weight is 380 g/mol. The highest BCUT2D eigenvalue weighted by atomic mass is 16.2. The molecule has 0 heterocycles. The van der Waals surface area contributed by atoms with Crippen LogP contribution in [0, 0.1) is 0 Å². The molecular weight excluding hydrogens is 350 g/mol. The number of likely N-dealkylation sites (N-methyl/N-ethyl adjacent to an activating group) is 1. The van der Waals surface area contributed by atoms with Gasteiger partial charge in [0.25, 0.3) is 5.91 Å². The molecule has 2 N–H and O–H groups in total. The Bertz CT molecular complexity index is 781. The molecule has 0 fully saturated rings. The lowest BCUT2D eigenvalue weighted by Gasteiger charge is -2.30. The highest BCUT2D eigenvalue weighted by Crippen LogP contribution is 2.19. The Labute approximate surface area is 167 Å². The molecule has 0 saturated carbocycles. The van der Waals surface area contributed by atoms with Gasteiger partial charge in [-0.1, -0.05) is 56.3 Å². The number of nitrogens with one attached hydrogen (secondary N) is 2. The second-order valence-electron chi connectivity index (χ2n) is 6.43. The van der Waals surface area contributed by atoms with Crippen LogP contribution in [0.5, 0.6) is 0 Å². The van der Waals surface area contributed by atoms with Crippen LogP contribution >= 0.6 is 0 Å². The molecule has 0 saturated heterocycles. The van der Waals surface area contributed by atoms with Crippen LogP contribution in [0.2, 0.25) is 0 Å². The highest BCUT2D eigenvalue weighted by Gasteiger charge is 2.18. The Morgan fingerprint density at radius 1 is 1.00 bits per heavy atom. The molecule has 2 aromatic rings. The van der Waals surface area contributed by atoms with Gasteiger partial charge < -0.3 is 10.6 Å². The van der Waals surface area contributed by atoms with Crippen LogP contribution in [0.1, 0.15) is 41.4 Å². The molecule has 2 amide bonds. The lowest BCUT2D eigenvalue weighted by molar-refractivity contribution is -0.116. The normalized spacial score (nSPS) is 12.1. The first-order chi connectivity index (χ1) is 13.6. The molecule has 0 aliphatic carbocycles. The van der Waals surface area contributed by atoms with E-state index in [0.717, 1.165) is 18.7 Å². The average Bonchev–Trinajstić information content (AvgIpc) is 2.75. The minimum atomic E-state index is -0.136. The van der Waals surface area contributed by atoms with Gasteiger partial charge in [-0.05, 0) is 42.4 Å². The molecule has 1 atom stereocenters. The molecule has 2 aromatic carbocycles. The maximum absolute atomic E-state index is 12.3. The molecule has 0 spiro atoms. The zero-order chi connectivity index (χ0) is 20.4. The van der Waals surface area contributed by atoms with E-state index in [1.54, 1.807) is 25.3 Å². The highest BCUT2D eigenvalue weighted by molar-refractivity contribution is 5.94. The molecule has 5 nitrogen and oxygen atoms in total. The molecule has 0 aliphatic heterocycles. The van der Waals surface area contributed by atoms with Crippen molar-refractivity contribution in [1.29, 1.82) is 0 Å². The van der Waals surface area contributed by atoms with Crippen LogP contribution in [0.15, 0.2) is 60.7 Å². The van der Waals surface area contributed by atoms with Gasteiger partial charge in [0.1, 0.15) is 0 Å². The van der Waals surface area contributed by atoms with Gasteiger partial charge in [0.05, 0.1) is 6.04 Å². The third-order valence-electron chi connectivity index (χ3n) is 4.73. The maximum Gasteiger partial charge on any atom is 0.251 e. The molecule has 2 rings (SSSR count). The summed E-state index contributed by atoms with van der Waals surface area (Å²) in [5.41, 5.74) is 2.65. The van der Waals surface area contributed by atoms with Crippen LogP contribution in [0.4, 0.5) is 0 Å². The summed E-state index contributed by atoms with van der Waals surface area (Å²) in [6.07, 6.45) is 3.27. The van der Waals surface area contributed by atoms with Crippen molar-refractivity contribution in [1.82, 2.24) is 15.5 Å². The predicted molar refractivity (Wildman–Crippen MR) is 114 cm³/mol. The molecule has 1 unspecified atom stereocenters. The smallest absolute Gasteiger partial charge is 0.251 e. The van der Waals surface area contributed by atoms with Crippen molar-refractivity contribution in [2.45, 2.75) is 19.9 Å². The zero-order valence-corrected chi connectivity index (χ0v) is 16.8. The van der Waals surface area contributed by atoms with Gasteiger partial charge in [-0.2, -0.15) is 0 Å². The van der Waals surface area contributed by atoms with Crippen molar-refractivity contribution in [2.75, 3.05) is 26.7 Å². The fraction of sp³-hybridized carbons (Fsp3) is 0.304. The van der Waals surface area contributed by atoms with Gasteiger partial charge in [-0.3, -0.25) is 14.5 Å². The summed E-state index contributed by atoms with van der Waals surface area (Å²) in [7, 11) is 1.60. The topological polar surface area (TPSA) is 61.4 Å². The third-order valence-corrected chi connectivity index (χ3v) is 4.73. The van der Waals surface area contributed by atoms with Crippen LogP contribution in [-0.4, -0.2) is 43.4 Å². The number of carbonyl (C=O) groups is 2. The molecule has 0 radical (unpaired) electrons. The molecule has 0 aliphatic rings. The summed E-state index contributed by atoms with van der Waals surface area (Å²) in [5, 5.41) is 5.59. The Hall–Kier alpha value is -2.92. The summed E-state index contributed by atoms with van der Waals surface area (Å²) in [6, 6.07) is 17.5. The minimum Gasteiger partial charge on any atom is -0.355 e. The second kappa shape index (κ2) is 11.0. The van der Waals surface area contributed by atoms with Crippen molar-refractivity contribution in [2.24, 2.45) is 0 Å². The lowest BCUT2D eigenvalue weighted by Crippen LogP contribution is -2.37. The molecule has 5 heteroatoms. The summed E-state index contributed by atoms with van der Waals surface area (Å²) >= 11 is 0. The number of amides is 2. The SMILES string of the molecule is CCN(CC)C(CNC(=O)/C=C/c1ccc(C(=O)NC)cc1)c1ccccc1. The number of hydrogen-bond donors (Lipinski definition) is 2. The van der Waals surface area contributed by atoms with Crippen LogP contribution in [0.25, 0.3) is 6.08 Å². The molecule has 148 valence electrons. The standard InChI is InChI=1S/C23H29N3O2/c1-4-26(5-2)21(19-9-7-6-8-10-19)17-25-22(27)16-13-18-11-14-20(15-12-18)23(28)24-3/h6-16,21H,4-5,17H2,1-3H3,(H,24,28)(H,25,27)/b16-13+. The van der Waals surface area contributed by atoms with E-state index in [4.69, 9.17) is 0 Å². The van der Waals surface area contributed by atoms with E-state index in [0.29, 0.717) is 12.1 Å². The monoisotopic (exact) mass is 379 g/mol. The number of benzene rings is 2. The number of carbonyl (C=O) groups excluding carboxylic acids is 2. The fourth-order valence-corrected chi connectivity index (χ4v) is 3.12. The fourth-order valence-electron chi connectivity index (χ4n) is 3.12. The van der Waals surface area contributed by atoms with E-state index >= 15 is 0 Å². The minimum absolute atomic E-state index is 0.128. The van der Waals surface area contributed by atoms with Gasteiger partial charge in [0.15, 0.2) is 0 Å². The van der Waals surface area contributed by atoms with E-state index in [1.165, 1.54) is 11.6 Å². The molecular formula is C23H29N3O2. The van der Waals surface area contributed by atoms with E-state index in [2.05, 4.69) is 41.5 Å². The summed E-state index contributed by atoms with van der Waals surface area (Å²) in [6.45, 7) is 6.64. The van der Waals surface area contributed by atoms with Crippen molar-refractivity contribution in [3.8, 4) is 0 Å². The number of hydrogen-bond acceptors (Lipinski definition) is 3. The number of rotatable bonds is 9. The number of nitrogens with zero attached hydrogens (tertiary/aromatic N) is 1. The first-order valence-corrected chi connectivity index (χ1v) is 9.66. The van der Waals surface area contributed by atoms with E-state index in [9.17, 15) is 9.59 Å². The predicted octanol–water partition coefficient (Wildman–Crippen LogP) is 3.26. The van der Waals surface area contributed by atoms with Gasteiger partial charge in [-0.15, -0.1) is 0 Å². The first kappa shape index (κ1) is 21.4. The van der Waals surface area contributed by atoms with Crippen molar-refractivity contribution < 1.29 is 9.59 Å². The van der Waals surface area contributed by atoms with Crippen molar-refractivity contribution >= 4 is 17.9 Å². The quantitative estimate of drug-likeness (QED) is 0.658. The summed E-state index contributed by atoms with van der Waals surface area (Å²) < 4.78 is 0. The Morgan fingerprint density at radius 3 is 2.21 bits per heavy atom. The maximum atomic E-state index is 12.3. The summed E-state index contributed by atoms with van der Waals surface area (Å²) in [4.78, 5) is 26.2. The van der Waals surface area contributed by atoms with Gasteiger partial charge >= 0.3 is 0 Å². The lowest BCUT2D eigenvalue weighted by atomic mass is 10.1. The Morgan fingerprint density at radius 2 is 1.64 bits per heavy atom. The van der Waals surface area contributed by atoms with Gasteiger partial charge in [0.2, 0.25) is 5.91 Å². The van der Waals surface area contributed by atoms with Crippen molar-refractivity contribution in [3.63, 3.8) is 0 Å². The van der Waals surface area contributed by atoms with E-state index < -0.39 is 0 Å². The van der Waals surface area contributed by atoms with Crippen LogP contribution in [0.3, 0.4) is 0 Å². The zero-order valence-electron chi connectivity index (χ0n) is 16.8. The summed E-state index contributed by atoms with van der Waals surface area (Å²) in [5.74, 6) is -0.264.